The molecular formula is C17H25N3O2S. The van der Waals surface area contributed by atoms with Crippen molar-refractivity contribution < 1.29 is 9.59 Å². The first-order chi connectivity index (χ1) is 11.2. The molecular weight excluding hydrogens is 310 g/mol. The van der Waals surface area contributed by atoms with Crippen LogP contribution in [0.2, 0.25) is 0 Å². The zero-order valence-corrected chi connectivity index (χ0v) is 14.2. The van der Waals surface area contributed by atoms with Crippen LogP contribution in [0.4, 0.5) is 0 Å². The Morgan fingerprint density at radius 1 is 1.22 bits per heavy atom. The molecule has 1 aromatic rings. The quantitative estimate of drug-likeness (QED) is 0.672. The minimum absolute atomic E-state index is 0.0297. The van der Waals surface area contributed by atoms with E-state index in [1.165, 1.54) is 30.2 Å². The summed E-state index contributed by atoms with van der Waals surface area (Å²) in [5, 5.41) is 3.04. The molecule has 1 heterocycles. The summed E-state index contributed by atoms with van der Waals surface area (Å²) in [4.78, 5) is 25.1. The van der Waals surface area contributed by atoms with Crippen molar-refractivity contribution in [3.63, 3.8) is 0 Å². The highest BCUT2D eigenvalue weighted by Crippen LogP contribution is 2.24. The Balaban J connectivity index is 1.81. The lowest BCUT2D eigenvalue weighted by Crippen LogP contribution is -2.36. The van der Waals surface area contributed by atoms with Crippen LogP contribution >= 0.6 is 11.8 Å². The first-order valence-electron chi connectivity index (χ1n) is 8.08. The Morgan fingerprint density at radius 3 is 2.57 bits per heavy atom. The highest BCUT2D eigenvalue weighted by atomic mass is 32.2. The number of nitrogens with one attached hydrogen (secondary N) is 1. The summed E-state index contributed by atoms with van der Waals surface area (Å²) < 4.78 is 0. The molecule has 1 aromatic carbocycles. The molecule has 2 amide bonds. The monoisotopic (exact) mass is 335 g/mol. The molecule has 0 radical (unpaired) electrons. The van der Waals surface area contributed by atoms with E-state index in [1.807, 2.05) is 18.2 Å². The van der Waals surface area contributed by atoms with E-state index in [4.69, 9.17) is 5.73 Å². The predicted octanol–water partition coefficient (Wildman–Crippen LogP) is 1.55. The summed E-state index contributed by atoms with van der Waals surface area (Å²) in [6.45, 7) is 2.80. The maximum Gasteiger partial charge on any atom is 0.227 e. The van der Waals surface area contributed by atoms with Gasteiger partial charge in [0.25, 0.3) is 0 Å². The van der Waals surface area contributed by atoms with Crippen molar-refractivity contribution >= 4 is 23.6 Å². The van der Waals surface area contributed by atoms with E-state index in [0.717, 1.165) is 13.1 Å². The second kappa shape index (κ2) is 9.57. The molecule has 1 saturated heterocycles. The summed E-state index contributed by atoms with van der Waals surface area (Å²) in [5.41, 5.74) is 6.32. The first-order valence-corrected chi connectivity index (χ1v) is 9.24. The van der Waals surface area contributed by atoms with Crippen LogP contribution in [0.25, 0.3) is 0 Å². The van der Waals surface area contributed by atoms with Crippen molar-refractivity contribution in [2.45, 2.75) is 25.3 Å². The number of thioether (sulfide) groups is 1. The van der Waals surface area contributed by atoms with Crippen molar-refractivity contribution in [1.82, 2.24) is 10.2 Å². The highest BCUT2D eigenvalue weighted by molar-refractivity contribution is 7.99. The molecule has 0 saturated carbocycles. The fourth-order valence-electron chi connectivity index (χ4n) is 2.82. The molecule has 5 nitrogen and oxygen atoms in total. The standard InChI is InChI=1S/C17H25N3O2S/c18-16(21)13-23-11-8-17(22)19-12-15(20-9-4-5-10-20)14-6-2-1-3-7-14/h1-3,6-7,15H,4-5,8-13H2,(H2,18,21)(H,19,22). The number of hydrogen-bond donors (Lipinski definition) is 2. The van der Waals surface area contributed by atoms with Gasteiger partial charge >= 0.3 is 0 Å². The fraction of sp³-hybridized carbons (Fsp3) is 0.529. The third-order valence-electron chi connectivity index (χ3n) is 3.98. The Kier molecular flexibility index (Phi) is 7.42. The van der Waals surface area contributed by atoms with E-state index in [1.54, 1.807) is 0 Å². The van der Waals surface area contributed by atoms with Gasteiger partial charge in [-0.05, 0) is 31.5 Å². The number of benzene rings is 1. The maximum atomic E-state index is 12.0. The largest absolute Gasteiger partial charge is 0.369 e. The third-order valence-corrected chi connectivity index (χ3v) is 4.96. The van der Waals surface area contributed by atoms with Gasteiger partial charge in [0, 0.05) is 18.7 Å². The number of carbonyl (C=O) groups is 2. The molecule has 0 bridgehead atoms. The van der Waals surface area contributed by atoms with E-state index in [2.05, 4.69) is 22.3 Å². The maximum absolute atomic E-state index is 12.0. The second-order valence-electron chi connectivity index (χ2n) is 5.74. The topological polar surface area (TPSA) is 75.4 Å². The zero-order chi connectivity index (χ0) is 16.5. The summed E-state index contributed by atoms with van der Waals surface area (Å²) in [7, 11) is 0. The minimum Gasteiger partial charge on any atom is -0.369 e. The lowest BCUT2D eigenvalue weighted by Gasteiger charge is -2.28. The number of hydrogen-bond acceptors (Lipinski definition) is 4. The molecule has 126 valence electrons. The lowest BCUT2D eigenvalue weighted by molar-refractivity contribution is -0.121. The number of likely N-dealkylation sites (tertiary alicyclic amines) is 1. The Bertz CT molecular complexity index is 504. The van der Waals surface area contributed by atoms with Crippen LogP contribution in [0, 0.1) is 0 Å². The van der Waals surface area contributed by atoms with E-state index in [9.17, 15) is 9.59 Å². The number of amides is 2. The van der Waals surface area contributed by atoms with Gasteiger partial charge in [0.1, 0.15) is 0 Å². The van der Waals surface area contributed by atoms with Crippen molar-refractivity contribution in [2.24, 2.45) is 5.73 Å². The molecule has 1 atom stereocenters. The molecule has 1 aliphatic rings. The molecule has 0 spiro atoms. The van der Waals surface area contributed by atoms with Crippen molar-refractivity contribution in [3.8, 4) is 0 Å². The number of nitrogens with zero attached hydrogens (tertiary/aromatic N) is 1. The fourth-order valence-corrected chi connectivity index (χ4v) is 3.50. The van der Waals surface area contributed by atoms with Crippen LogP contribution in [0.5, 0.6) is 0 Å². The first kappa shape index (κ1) is 17.8. The van der Waals surface area contributed by atoms with Crippen LogP contribution in [-0.4, -0.2) is 47.9 Å². The highest BCUT2D eigenvalue weighted by Gasteiger charge is 2.23. The van der Waals surface area contributed by atoms with Gasteiger partial charge in [-0.15, -0.1) is 0 Å². The van der Waals surface area contributed by atoms with E-state index < -0.39 is 0 Å². The Labute approximate surface area is 142 Å². The summed E-state index contributed by atoms with van der Waals surface area (Å²) in [6.07, 6.45) is 2.86. The van der Waals surface area contributed by atoms with E-state index in [0.29, 0.717) is 18.7 Å². The summed E-state index contributed by atoms with van der Waals surface area (Å²) >= 11 is 1.40. The second-order valence-corrected chi connectivity index (χ2v) is 6.85. The third kappa shape index (κ3) is 6.23. The van der Waals surface area contributed by atoms with Gasteiger partial charge in [0.05, 0.1) is 11.8 Å². The molecule has 1 aliphatic heterocycles. The normalized spacial score (nSPS) is 16.2. The summed E-state index contributed by atoms with van der Waals surface area (Å²) in [5.74, 6) is 0.582. The SMILES string of the molecule is NC(=O)CSCCC(=O)NCC(c1ccccc1)N1CCCC1. The molecule has 3 N–H and O–H groups in total. The molecule has 1 unspecified atom stereocenters. The molecule has 23 heavy (non-hydrogen) atoms. The van der Waals surface area contributed by atoms with Crippen LogP contribution in [0.3, 0.4) is 0 Å². The molecule has 0 aliphatic carbocycles. The Hall–Kier alpha value is -1.53. The molecule has 6 heteroatoms. The van der Waals surface area contributed by atoms with Gasteiger partial charge in [-0.1, -0.05) is 30.3 Å². The van der Waals surface area contributed by atoms with Crippen LogP contribution in [0.1, 0.15) is 30.9 Å². The van der Waals surface area contributed by atoms with Crippen molar-refractivity contribution in [1.29, 1.82) is 0 Å². The summed E-state index contributed by atoms with van der Waals surface area (Å²) in [6, 6.07) is 10.6. The van der Waals surface area contributed by atoms with Gasteiger partial charge in [-0.2, -0.15) is 11.8 Å². The number of rotatable bonds is 9. The predicted molar refractivity (Wildman–Crippen MR) is 94.1 cm³/mol. The molecule has 0 aromatic heterocycles. The van der Waals surface area contributed by atoms with Crippen molar-refractivity contribution in [2.75, 3.05) is 31.1 Å². The lowest BCUT2D eigenvalue weighted by atomic mass is 10.1. The van der Waals surface area contributed by atoms with Crippen LogP contribution in [-0.2, 0) is 9.59 Å². The number of carbonyl (C=O) groups excluding carboxylic acids is 2. The average molecular weight is 335 g/mol. The number of primary amides is 1. The molecule has 1 fully saturated rings. The van der Waals surface area contributed by atoms with Gasteiger partial charge in [0.15, 0.2) is 0 Å². The van der Waals surface area contributed by atoms with E-state index >= 15 is 0 Å². The Morgan fingerprint density at radius 2 is 1.91 bits per heavy atom. The van der Waals surface area contributed by atoms with Gasteiger partial charge in [-0.25, -0.2) is 0 Å². The average Bonchev–Trinajstić information content (AvgIpc) is 3.07. The zero-order valence-electron chi connectivity index (χ0n) is 13.4. The van der Waals surface area contributed by atoms with Crippen LogP contribution in [0.15, 0.2) is 30.3 Å². The smallest absolute Gasteiger partial charge is 0.227 e. The van der Waals surface area contributed by atoms with Crippen molar-refractivity contribution in [3.05, 3.63) is 35.9 Å². The van der Waals surface area contributed by atoms with Gasteiger partial charge < -0.3 is 11.1 Å². The van der Waals surface area contributed by atoms with Gasteiger partial charge in [0.2, 0.25) is 11.8 Å². The van der Waals surface area contributed by atoms with E-state index in [-0.39, 0.29) is 23.6 Å². The van der Waals surface area contributed by atoms with Crippen LogP contribution < -0.4 is 11.1 Å². The van der Waals surface area contributed by atoms with Gasteiger partial charge in [-0.3, -0.25) is 14.5 Å². The number of nitrogens with two attached hydrogens (primary N) is 1. The minimum atomic E-state index is -0.339. The molecule has 2 rings (SSSR count).